The monoisotopic (exact) mass is 295 g/mol. The second-order valence-corrected chi connectivity index (χ2v) is 4.49. The van der Waals surface area contributed by atoms with Gasteiger partial charge in [0, 0.05) is 24.2 Å². The molecule has 0 aliphatic rings. The highest BCUT2D eigenvalue weighted by Gasteiger charge is 2.19. The lowest BCUT2D eigenvalue weighted by atomic mass is 10.1. The van der Waals surface area contributed by atoms with Crippen molar-refractivity contribution in [1.29, 1.82) is 0 Å². The fraction of sp³-hybridized carbons (Fsp3) is 0.385. The van der Waals surface area contributed by atoms with Gasteiger partial charge in [0.25, 0.3) is 11.6 Å². The van der Waals surface area contributed by atoms with Gasteiger partial charge in [-0.15, -0.1) is 0 Å². The molecule has 0 aliphatic carbocycles. The van der Waals surface area contributed by atoms with E-state index in [0.717, 1.165) is 0 Å². The first-order valence-corrected chi connectivity index (χ1v) is 6.40. The van der Waals surface area contributed by atoms with Gasteiger partial charge in [0.1, 0.15) is 5.69 Å². The Hall–Kier alpha value is -2.64. The molecule has 1 amide bonds. The fourth-order valence-corrected chi connectivity index (χ4v) is 1.79. The smallest absolute Gasteiger partial charge is 0.305 e. The molecule has 0 heterocycles. The Morgan fingerprint density at radius 3 is 2.62 bits per heavy atom. The number of benzene rings is 1. The van der Waals surface area contributed by atoms with Crippen LogP contribution in [0.1, 0.15) is 30.6 Å². The molecule has 114 valence electrons. The number of nitrogens with one attached hydrogen (secondary N) is 2. The minimum atomic E-state index is -1.02. The summed E-state index contributed by atoms with van der Waals surface area (Å²) < 4.78 is 0. The van der Waals surface area contributed by atoms with E-state index in [0.29, 0.717) is 6.54 Å². The van der Waals surface area contributed by atoms with E-state index in [1.165, 1.54) is 18.2 Å². The van der Waals surface area contributed by atoms with E-state index in [1.807, 2.05) is 0 Å². The summed E-state index contributed by atoms with van der Waals surface area (Å²) in [5.74, 6) is -1.36. The Morgan fingerprint density at radius 1 is 1.43 bits per heavy atom. The standard InChI is InChI=1S/C13H17N3O5/c1-3-14-13(19)9-4-5-11(16(20)21)10(7-9)15-8(2)6-12(17)18/h4-5,7-8,15H,3,6H2,1-2H3,(H,14,19)(H,17,18). The largest absolute Gasteiger partial charge is 0.481 e. The maximum Gasteiger partial charge on any atom is 0.305 e. The summed E-state index contributed by atoms with van der Waals surface area (Å²) in [5, 5.41) is 25.0. The molecule has 0 aromatic heterocycles. The molecule has 0 saturated heterocycles. The molecule has 0 spiro atoms. The Labute approximate surface area is 121 Å². The summed E-state index contributed by atoms with van der Waals surface area (Å²) in [5.41, 5.74) is 0.185. The maximum atomic E-state index is 11.7. The number of nitrogens with zero attached hydrogens (tertiary/aromatic N) is 1. The van der Waals surface area contributed by atoms with Gasteiger partial charge in [-0.05, 0) is 26.0 Å². The van der Waals surface area contributed by atoms with E-state index >= 15 is 0 Å². The predicted octanol–water partition coefficient (Wildman–Crippen LogP) is 1.62. The van der Waals surface area contributed by atoms with Gasteiger partial charge in [0.05, 0.1) is 11.3 Å². The second kappa shape index (κ2) is 7.22. The molecule has 1 atom stereocenters. The molecule has 0 bridgehead atoms. The SMILES string of the molecule is CCNC(=O)c1ccc([N+](=O)[O-])c(NC(C)CC(=O)O)c1. The van der Waals surface area contributed by atoms with E-state index in [1.54, 1.807) is 13.8 Å². The number of carboxylic acid groups (broad SMARTS) is 1. The lowest BCUT2D eigenvalue weighted by Crippen LogP contribution is -2.23. The number of amides is 1. The highest BCUT2D eigenvalue weighted by atomic mass is 16.6. The molecule has 1 aromatic rings. The summed E-state index contributed by atoms with van der Waals surface area (Å²) in [7, 11) is 0. The molecule has 21 heavy (non-hydrogen) atoms. The van der Waals surface area contributed by atoms with Gasteiger partial charge in [-0.25, -0.2) is 0 Å². The zero-order chi connectivity index (χ0) is 16.0. The number of hydrogen-bond acceptors (Lipinski definition) is 5. The van der Waals surface area contributed by atoms with E-state index < -0.39 is 16.9 Å². The van der Waals surface area contributed by atoms with Crippen LogP contribution in [0, 0.1) is 10.1 Å². The zero-order valence-electron chi connectivity index (χ0n) is 11.8. The van der Waals surface area contributed by atoms with Crippen LogP contribution >= 0.6 is 0 Å². The van der Waals surface area contributed by atoms with Gasteiger partial charge >= 0.3 is 5.97 Å². The van der Waals surface area contributed by atoms with Gasteiger partial charge in [-0.2, -0.15) is 0 Å². The first-order valence-electron chi connectivity index (χ1n) is 6.40. The molecule has 3 N–H and O–H groups in total. The van der Waals surface area contributed by atoms with Crippen LogP contribution in [0.2, 0.25) is 0 Å². The van der Waals surface area contributed by atoms with Gasteiger partial charge in [-0.1, -0.05) is 0 Å². The number of anilines is 1. The molecule has 1 unspecified atom stereocenters. The van der Waals surface area contributed by atoms with E-state index in [9.17, 15) is 19.7 Å². The molecular weight excluding hydrogens is 278 g/mol. The van der Waals surface area contributed by atoms with Crippen LogP contribution in [0.4, 0.5) is 11.4 Å². The van der Waals surface area contributed by atoms with Gasteiger partial charge in [0.15, 0.2) is 0 Å². The predicted molar refractivity (Wildman–Crippen MR) is 76.4 cm³/mol. The minimum absolute atomic E-state index is 0.123. The van der Waals surface area contributed by atoms with Crippen molar-refractivity contribution < 1.29 is 19.6 Å². The van der Waals surface area contributed by atoms with Crippen molar-refractivity contribution in [3.8, 4) is 0 Å². The van der Waals surface area contributed by atoms with E-state index in [2.05, 4.69) is 10.6 Å². The third-order valence-electron chi connectivity index (χ3n) is 2.68. The van der Waals surface area contributed by atoms with Crippen molar-refractivity contribution in [3.05, 3.63) is 33.9 Å². The topological polar surface area (TPSA) is 122 Å². The van der Waals surface area contributed by atoms with Crippen LogP contribution in [-0.4, -0.2) is 34.5 Å². The molecule has 0 radical (unpaired) electrons. The second-order valence-electron chi connectivity index (χ2n) is 4.49. The highest BCUT2D eigenvalue weighted by Crippen LogP contribution is 2.26. The summed E-state index contributed by atoms with van der Waals surface area (Å²) in [6.45, 7) is 3.79. The normalized spacial score (nSPS) is 11.5. The first kappa shape index (κ1) is 16.4. The maximum absolute atomic E-state index is 11.7. The van der Waals surface area contributed by atoms with Crippen LogP contribution in [0.5, 0.6) is 0 Å². The lowest BCUT2D eigenvalue weighted by molar-refractivity contribution is -0.384. The first-order chi connectivity index (χ1) is 9.85. The lowest BCUT2D eigenvalue weighted by Gasteiger charge is -2.14. The number of carbonyl (C=O) groups is 2. The van der Waals surface area contributed by atoms with Crippen molar-refractivity contribution in [2.24, 2.45) is 0 Å². The van der Waals surface area contributed by atoms with Crippen molar-refractivity contribution in [3.63, 3.8) is 0 Å². The van der Waals surface area contributed by atoms with Gasteiger partial charge in [0.2, 0.25) is 0 Å². The number of nitro benzene ring substituents is 1. The fourth-order valence-electron chi connectivity index (χ4n) is 1.79. The van der Waals surface area contributed by atoms with E-state index in [-0.39, 0.29) is 29.3 Å². The number of aliphatic carboxylic acids is 1. The molecule has 8 nitrogen and oxygen atoms in total. The average molecular weight is 295 g/mol. The van der Waals surface area contributed by atoms with Gasteiger partial charge in [-0.3, -0.25) is 19.7 Å². The van der Waals surface area contributed by atoms with Crippen LogP contribution in [-0.2, 0) is 4.79 Å². The number of carboxylic acids is 1. The zero-order valence-corrected chi connectivity index (χ0v) is 11.8. The molecule has 0 aliphatic heterocycles. The summed E-state index contributed by atoms with van der Waals surface area (Å²) in [4.78, 5) is 32.8. The molecule has 8 heteroatoms. The van der Waals surface area contributed by atoms with Crippen molar-refractivity contribution in [1.82, 2.24) is 5.32 Å². The quantitative estimate of drug-likeness (QED) is 0.519. The summed E-state index contributed by atoms with van der Waals surface area (Å²) in [6.07, 6.45) is -0.192. The van der Waals surface area contributed by atoms with Crippen LogP contribution in [0.15, 0.2) is 18.2 Å². The Morgan fingerprint density at radius 2 is 2.10 bits per heavy atom. The Balaban J connectivity index is 3.06. The molecule has 1 rings (SSSR count). The van der Waals surface area contributed by atoms with Crippen LogP contribution in [0.25, 0.3) is 0 Å². The highest BCUT2D eigenvalue weighted by molar-refractivity contribution is 5.95. The van der Waals surface area contributed by atoms with Crippen molar-refractivity contribution >= 4 is 23.3 Å². The number of hydrogen-bond donors (Lipinski definition) is 3. The molecule has 1 aromatic carbocycles. The van der Waals surface area contributed by atoms with Crippen molar-refractivity contribution in [2.45, 2.75) is 26.3 Å². The third-order valence-corrected chi connectivity index (χ3v) is 2.68. The minimum Gasteiger partial charge on any atom is -0.481 e. The number of carbonyl (C=O) groups excluding carboxylic acids is 1. The summed E-state index contributed by atoms with van der Waals surface area (Å²) in [6, 6.07) is 3.42. The Kier molecular flexibility index (Phi) is 5.65. The third kappa shape index (κ3) is 4.75. The molecule has 0 saturated carbocycles. The van der Waals surface area contributed by atoms with Gasteiger partial charge < -0.3 is 15.7 Å². The average Bonchev–Trinajstić information content (AvgIpc) is 2.37. The van der Waals surface area contributed by atoms with E-state index in [4.69, 9.17) is 5.11 Å². The van der Waals surface area contributed by atoms with Crippen LogP contribution in [0.3, 0.4) is 0 Å². The molecular formula is C13H17N3O5. The molecule has 0 fully saturated rings. The number of nitro groups is 1. The van der Waals surface area contributed by atoms with Crippen molar-refractivity contribution in [2.75, 3.05) is 11.9 Å². The Bertz CT molecular complexity index is 559. The van der Waals surface area contributed by atoms with Crippen LogP contribution < -0.4 is 10.6 Å². The number of rotatable bonds is 7. The summed E-state index contributed by atoms with van der Waals surface area (Å²) >= 11 is 0.